The van der Waals surface area contributed by atoms with E-state index in [9.17, 15) is 35.4 Å². The van der Waals surface area contributed by atoms with Gasteiger partial charge >= 0.3 is 0 Å². The molecular weight excluding hydrogens is 394 g/mol. The van der Waals surface area contributed by atoms with Crippen LogP contribution < -0.4 is 5.32 Å². The first-order valence-electron chi connectivity index (χ1n) is 9.15. The molecule has 0 unspecified atom stereocenters. The van der Waals surface area contributed by atoms with E-state index in [1.165, 1.54) is 13.0 Å². The van der Waals surface area contributed by atoms with Crippen LogP contribution in [0.5, 0.6) is 0 Å². The van der Waals surface area contributed by atoms with E-state index in [2.05, 4.69) is 11.9 Å². The second-order valence-electron chi connectivity index (χ2n) is 6.86. The molecule has 0 aromatic carbocycles. The first-order chi connectivity index (χ1) is 13.7. The predicted octanol–water partition coefficient (Wildman–Crippen LogP) is -4.04. The Labute approximate surface area is 167 Å². The third-order valence-electron chi connectivity index (χ3n) is 4.74. The molecule has 0 aliphatic carbocycles. The standard InChI is InChI=1S/C17H29NO11/c1-3-4-26-16-10(18-7(2)21)12(23)15(9(6-20)28-16)29-17-14(25)13(24)11(22)8(5-19)27-17/h3,8-17,19-20,22-25H,1,4-6H2,2H3,(H,18,21)/t8-,9-,10-,11+,12-,13+,14-,15-,16-,17+/m1/s1. The van der Waals surface area contributed by atoms with Crippen molar-refractivity contribution >= 4 is 5.91 Å². The summed E-state index contributed by atoms with van der Waals surface area (Å²) in [5.74, 6) is -0.487. The van der Waals surface area contributed by atoms with Gasteiger partial charge in [-0.05, 0) is 0 Å². The molecule has 0 aromatic heterocycles. The van der Waals surface area contributed by atoms with Crippen LogP contribution in [-0.2, 0) is 23.7 Å². The fourth-order valence-corrected chi connectivity index (χ4v) is 3.26. The maximum Gasteiger partial charge on any atom is 0.217 e. The first kappa shape index (κ1) is 24.1. The van der Waals surface area contributed by atoms with E-state index in [1.54, 1.807) is 0 Å². The molecule has 0 radical (unpaired) electrons. The van der Waals surface area contributed by atoms with Gasteiger partial charge in [0.05, 0.1) is 19.8 Å². The van der Waals surface area contributed by atoms with Crippen molar-refractivity contribution in [2.45, 2.75) is 68.3 Å². The van der Waals surface area contributed by atoms with Crippen molar-refractivity contribution in [3.63, 3.8) is 0 Å². The van der Waals surface area contributed by atoms with Gasteiger partial charge in [-0.25, -0.2) is 0 Å². The molecule has 12 heteroatoms. The Morgan fingerprint density at radius 2 is 1.62 bits per heavy atom. The quantitative estimate of drug-likeness (QED) is 0.188. The number of hydrogen-bond acceptors (Lipinski definition) is 11. The molecule has 168 valence electrons. The minimum Gasteiger partial charge on any atom is -0.394 e. The van der Waals surface area contributed by atoms with Crippen LogP contribution in [0.2, 0.25) is 0 Å². The molecule has 0 spiro atoms. The van der Waals surface area contributed by atoms with E-state index >= 15 is 0 Å². The molecular formula is C17H29NO11. The van der Waals surface area contributed by atoms with Gasteiger partial charge in [-0.15, -0.1) is 6.58 Å². The lowest BCUT2D eigenvalue weighted by molar-refractivity contribution is -0.347. The highest BCUT2D eigenvalue weighted by atomic mass is 16.7. The highest BCUT2D eigenvalue weighted by Gasteiger charge is 2.51. The second kappa shape index (κ2) is 10.7. The molecule has 0 saturated carbocycles. The summed E-state index contributed by atoms with van der Waals surface area (Å²) < 4.78 is 21.8. The number of nitrogens with one attached hydrogen (secondary N) is 1. The molecule has 2 rings (SSSR count). The van der Waals surface area contributed by atoms with Crippen LogP contribution in [0.3, 0.4) is 0 Å². The zero-order valence-electron chi connectivity index (χ0n) is 15.9. The van der Waals surface area contributed by atoms with Gasteiger partial charge in [-0.2, -0.15) is 0 Å². The zero-order chi connectivity index (χ0) is 21.7. The van der Waals surface area contributed by atoms with E-state index in [1.807, 2.05) is 0 Å². The van der Waals surface area contributed by atoms with Gasteiger partial charge in [0, 0.05) is 6.92 Å². The number of rotatable bonds is 8. The van der Waals surface area contributed by atoms with Crippen LogP contribution in [0.25, 0.3) is 0 Å². The number of ether oxygens (including phenoxy) is 4. The van der Waals surface area contributed by atoms with Crippen molar-refractivity contribution in [3.05, 3.63) is 12.7 Å². The SMILES string of the molecule is C=CCO[C@@H]1O[C@H](CO)[C@@H](O[C@@H]2O[C@H](CO)[C@H](O)[C@H](O)[C@H]2O)[C@H](O)[C@H]1NC(C)=O. The van der Waals surface area contributed by atoms with Gasteiger partial charge in [0.1, 0.15) is 48.8 Å². The third kappa shape index (κ3) is 5.49. The minimum absolute atomic E-state index is 0.0455. The summed E-state index contributed by atoms with van der Waals surface area (Å²) in [6.45, 7) is 3.50. The van der Waals surface area contributed by atoms with Gasteiger partial charge in [0.25, 0.3) is 0 Å². The highest BCUT2D eigenvalue weighted by Crippen LogP contribution is 2.29. The van der Waals surface area contributed by atoms with Crippen LogP contribution in [-0.4, -0.2) is 118 Å². The number of carbonyl (C=O) groups excluding carboxylic acids is 1. The Morgan fingerprint density at radius 3 is 2.17 bits per heavy atom. The molecule has 7 N–H and O–H groups in total. The number of hydrogen-bond donors (Lipinski definition) is 7. The van der Waals surface area contributed by atoms with Crippen molar-refractivity contribution in [3.8, 4) is 0 Å². The fourth-order valence-electron chi connectivity index (χ4n) is 3.26. The zero-order valence-corrected chi connectivity index (χ0v) is 15.9. The summed E-state index contributed by atoms with van der Waals surface area (Å²) in [6, 6.07) is -1.09. The first-order valence-corrected chi connectivity index (χ1v) is 9.15. The molecule has 12 nitrogen and oxygen atoms in total. The van der Waals surface area contributed by atoms with E-state index < -0.39 is 80.5 Å². The summed E-state index contributed by atoms with van der Waals surface area (Å²) in [5, 5.41) is 62.1. The topological polar surface area (TPSA) is 187 Å². The Balaban J connectivity index is 2.20. The molecule has 29 heavy (non-hydrogen) atoms. The lowest BCUT2D eigenvalue weighted by atomic mass is 9.95. The second-order valence-corrected chi connectivity index (χ2v) is 6.86. The van der Waals surface area contributed by atoms with Gasteiger partial charge < -0.3 is 54.9 Å². The lowest BCUT2D eigenvalue weighted by Crippen LogP contribution is -2.67. The van der Waals surface area contributed by atoms with Gasteiger partial charge in [0.15, 0.2) is 12.6 Å². The molecule has 0 aromatic rings. The van der Waals surface area contributed by atoms with Crippen molar-refractivity contribution in [2.75, 3.05) is 19.8 Å². The Kier molecular flexibility index (Phi) is 8.91. The maximum atomic E-state index is 11.5. The summed E-state index contributed by atoms with van der Waals surface area (Å²) >= 11 is 0. The van der Waals surface area contributed by atoms with E-state index in [4.69, 9.17) is 18.9 Å². The number of amides is 1. The van der Waals surface area contributed by atoms with Crippen molar-refractivity contribution in [1.29, 1.82) is 0 Å². The van der Waals surface area contributed by atoms with Gasteiger partial charge in [0.2, 0.25) is 5.91 Å². The predicted molar refractivity (Wildman–Crippen MR) is 94.1 cm³/mol. The van der Waals surface area contributed by atoms with Crippen molar-refractivity contribution in [2.24, 2.45) is 0 Å². The number of aliphatic hydroxyl groups excluding tert-OH is 6. The number of aliphatic hydroxyl groups is 6. The smallest absolute Gasteiger partial charge is 0.217 e. The molecule has 2 saturated heterocycles. The van der Waals surface area contributed by atoms with E-state index in [-0.39, 0.29) is 6.61 Å². The molecule has 10 atom stereocenters. The molecule has 0 bridgehead atoms. The van der Waals surface area contributed by atoms with Crippen LogP contribution in [0.15, 0.2) is 12.7 Å². The lowest BCUT2D eigenvalue weighted by Gasteiger charge is -2.47. The third-order valence-corrected chi connectivity index (χ3v) is 4.74. The molecule has 2 aliphatic rings. The average molecular weight is 423 g/mol. The van der Waals surface area contributed by atoms with Gasteiger partial charge in [-0.1, -0.05) is 6.08 Å². The van der Waals surface area contributed by atoms with Crippen molar-refractivity contribution < 1.29 is 54.4 Å². The Hall–Kier alpha value is -1.19. The van der Waals surface area contributed by atoms with Crippen LogP contribution >= 0.6 is 0 Å². The summed E-state index contributed by atoms with van der Waals surface area (Å²) in [7, 11) is 0. The molecule has 1 amide bonds. The summed E-state index contributed by atoms with van der Waals surface area (Å²) in [6.07, 6.45) is -11.4. The highest BCUT2D eigenvalue weighted by molar-refractivity contribution is 5.73. The van der Waals surface area contributed by atoms with Crippen LogP contribution in [0.1, 0.15) is 6.92 Å². The van der Waals surface area contributed by atoms with Crippen molar-refractivity contribution in [1.82, 2.24) is 5.32 Å². The van der Waals surface area contributed by atoms with Crippen LogP contribution in [0.4, 0.5) is 0 Å². The summed E-state index contributed by atoms with van der Waals surface area (Å²) in [5.41, 5.74) is 0. The molecule has 2 fully saturated rings. The Bertz CT molecular complexity index is 547. The number of carbonyl (C=O) groups is 1. The van der Waals surface area contributed by atoms with E-state index in [0.717, 1.165) is 0 Å². The minimum atomic E-state index is -1.71. The maximum absolute atomic E-state index is 11.5. The average Bonchev–Trinajstić information content (AvgIpc) is 2.69. The largest absolute Gasteiger partial charge is 0.394 e. The molecule has 2 heterocycles. The van der Waals surface area contributed by atoms with E-state index in [0.29, 0.717) is 0 Å². The summed E-state index contributed by atoms with van der Waals surface area (Å²) in [4.78, 5) is 11.5. The van der Waals surface area contributed by atoms with Crippen LogP contribution in [0, 0.1) is 0 Å². The fraction of sp³-hybridized carbons (Fsp3) is 0.824. The Morgan fingerprint density at radius 1 is 1.00 bits per heavy atom. The monoisotopic (exact) mass is 423 g/mol. The van der Waals surface area contributed by atoms with Gasteiger partial charge in [-0.3, -0.25) is 4.79 Å². The molecule has 2 aliphatic heterocycles. The normalized spacial score (nSPS) is 43.0.